The molecule has 0 aliphatic carbocycles. The van der Waals surface area contributed by atoms with Gasteiger partial charge in [-0.1, -0.05) is 13.8 Å². The van der Waals surface area contributed by atoms with Gasteiger partial charge in [0.2, 0.25) is 0 Å². The van der Waals surface area contributed by atoms with Gasteiger partial charge in [-0.25, -0.2) is 14.6 Å². The third-order valence-corrected chi connectivity index (χ3v) is 5.42. The van der Waals surface area contributed by atoms with Gasteiger partial charge in [0.05, 0.1) is 23.5 Å². The van der Waals surface area contributed by atoms with Crippen molar-refractivity contribution in [2.75, 3.05) is 20.3 Å². The van der Waals surface area contributed by atoms with Gasteiger partial charge in [0.25, 0.3) is 11.8 Å². The van der Waals surface area contributed by atoms with Gasteiger partial charge in [0.15, 0.2) is 18.1 Å². The van der Waals surface area contributed by atoms with Crippen LogP contribution in [0.2, 0.25) is 0 Å². The standard InChI is InChI=1S/C24H27FIN3O6/c1-5-34-20(30)13-35-22-18(26)10-15(11-19(22)33-4)12-27-29-24(32)21(14(2)3)28-23(31)16-6-8-17(25)9-7-16/h6-12,14,21H,5,13H2,1-4H3,(H,28,31)(H,29,32)/b27-12+. The quantitative estimate of drug-likeness (QED) is 0.177. The molecule has 1 atom stereocenters. The number of ether oxygens (including phenoxy) is 3. The highest BCUT2D eigenvalue weighted by molar-refractivity contribution is 14.1. The first-order valence-electron chi connectivity index (χ1n) is 10.7. The summed E-state index contributed by atoms with van der Waals surface area (Å²) in [6.45, 7) is 5.26. The lowest BCUT2D eigenvalue weighted by Crippen LogP contribution is -2.48. The van der Waals surface area contributed by atoms with Gasteiger partial charge in [-0.3, -0.25) is 9.59 Å². The molecule has 0 aromatic heterocycles. The molecule has 0 spiro atoms. The molecular formula is C24H27FIN3O6. The highest BCUT2D eigenvalue weighted by Crippen LogP contribution is 2.33. The number of carbonyl (C=O) groups is 3. The predicted octanol–water partition coefficient (Wildman–Crippen LogP) is 3.29. The van der Waals surface area contributed by atoms with Crippen LogP contribution in [-0.4, -0.2) is 50.4 Å². The zero-order chi connectivity index (χ0) is 26.0. The number of esters is 1. The maximum absolute atomic E-state index is 13.1. The number of hydrogen-bond acceptors (Lipinski definition) is 7. The van der Waals surface area contributed by atoms with Gasteiger partial charge in [-0.15, -0.1) is 0 Å². The predicted molar refractivity (Wildman–Crippen MR) is 136 cm³/mol. The Morgan fingerprint density at radius 2 is 1.86 bits per heavy atom. The maximum Gasteiger partial charge on any atom is 0.344 e. The Hall–Kier alpha value is -3.22. The van der Waals surface area contributed by atoms with Crippen molar-refractivity contribution in [3.05, 3.63) is 56.9 Å². The molecule has 2 aromatic carbocycles. The van der Waals surface area contributed by atoms with Gasteiger partial charge in [0, 0.05) is 5.56 Å². The van der Waals surface area contributed by atoms with Crippen molar-refractivity contribution in [2.45, 2.75) is 26.8 Å². The van der Waals surface area contributed by atoms with E-state index in [1.54, 1.807) is 32.9 Å². The lowest BCUT2D eigenvalue weighted by molar-refractivity contribution is -0.145. The first-order valence-corrected chi connectivity index (χ1v) is 11.8. The molecule has 35 heavy (non-hydrogen) atoms. The molecule has 188 valence electrons. The van der Waals surface area contributed by atoms with Crippen molar-refractivity contribution in [2.24, 2.45) is 11.0 Å². The number of carbonyl (C=O) groups excluding carboxylic acids is 3. The molecule has 2 rings (SSSR count). The summed E-state index contributed by atoms with van der Waals surface area (Å²) in [5.41, 5.74) is 3.26. The lowest BCUT2D eigenvalue weighted by atomic mass is 10.0. The molecule has 0 saturated heterocycles. The second kappa shape index (κ2) is 13.6. The molecule has 0 aliphatic rings. The molecular weight excluding hydrogens is 572 g/mol. The smallest absolute Gasteiger partial charge is 0.344 e. The molecule has 2 amide bonds. The number of nitrogens with one attached hydrogen (secondary N) is 2. The van der Waals surface area contributed by atoms with E-state index >= 15 is 0 Å². The minimum Gasteiger partial charge on any atom is -0.493 e. The number of hydrogen-bond donors (Lipinski definition) is 2. The second-order valence-electron chi connectivity index (χ2n) is 7.56. The van der Waals surface area contributed by atoms with Crippen LogP contribution >= 0.6 is 22.6 Å². The van der Waals surface area contributed by atoms with Gasteiger partial charge in [-0.2, -0.15) is 5.10 Å². The van der Waals surface area contributed by atoms with E-state index in [1.807, 2.05) is 22.6 Å². The van der Waals surface area contributed by atoms with Crippen molar-refractivity contribution >= 4 is 46.6 Å². The van der Waals surface area contributed by atoms with Gasteiger partial charge >= 0.3 is 5.97 Å². The van der Waals surface area contributed by atoms with Gasteiger partial charge < -0.3 is 19.5 Å². The highest BCUT2D eigenvalue weighted by Gasteiger charge is 2.24. The topological polar surface area (TPSA) is 115 Å². The van der Waals surface area contributed by atoms with Crippen molar-refractivity contribution in [1.82, 2.24) is 10.7 Å². The van der Waals surface area contributed by atoms with Crippen LogP contribution in [0, 0.1) is 15.3 Å². The highest BCUT2D eigenvalue weighted by atomic mass is 127. The minimum absolute atomic E-state index is 0.230. The van der Waals surface area contributed by atoms with E-state index in [4.69, 9.17) is 14.2 Å². The Balaban J connectivity index is 2.06. The lowest BCUT2D eigenvalue weighted by Gasteiger charge is -2.20. The number of halogens is 2. The summed E-state index contributed by atoms with van der Waals surface area (Å²) < 4.78 is 29.5. The van der Waals surface area contributed by atoms with E-state index in [-0.39, 0.29) is 24.7 Å². The third-order valence-electron chi connectivity index (χ3n) is 4.62. The fourth-order valence-corrected chi connectivity index (χ4v) is 3.67. The molecule has 0 radical (unpaired) electrons. The fourth-order valence-electron chi connectivity index (χ4n) is 2.89. The summed E-state index contributed by atoms with van der Waals surface area (Å²) in [5.74, 6) is -1.44. The molecule has 9 nitrogen and oxygen atoms in total. The molecule has 0 bridgehead atoms. The Labute approximate surface area is 216 Å². The summed E-state index contributed by atoms with van der Waals surface area (Å²) in [6.07, 6.45) is 1.41. The van der Waals surface area contributed by atoms with Crippen molar-refractivity contribution in [3.63, 3.8) is 0 Å². The van der Waals surface area contributed by atoms with E-state index in [0.29, 0.717) is 20.6 Å². The second-order valence-corrected chi connectivity index (χ2v) is 8.73. The Bertz CT molecular complexity index is 1080. The Morgan fingerprint density at radius 3 is 2.46 bits per heavy atom. The van der Waals surface area contributed by atoms with E-state index in [1.165, 1.54) is 37.6 Å². The molecule has 1 unspecified atom stereocenters. The first kappa shape index (κ1) is 28.0. The van der Waals surface area contributed by atoms with E-state index in [9.17, 15) is 18.8 Å². The van der Waals surface area contributed by atoms with Crippen LogP contribution in [-0.2, 0) is 14.3 Å². The maximum atomic E-state index is 13.1. The molecule has 0 fully saturated rings. The third kappa shape index (κ3) is 8.50. The molecule has 2 aromatic rings. The monoisotopic (exact) mass is 599 g/mol. The van der Waals surface area contributed by atoms with E-state index in [0.717, 1.165) is 0 Å². The van der Waals surface area contributed by atoms with Crippen molar-refractivity contribution in [1.29, 1.82) is 0 Å². The van der Waals surface area contributed by atoms with Crippen LogP contribution < -0.4 is 20.2 Å². The number of amides is 2. The van der Waals surface area contributed by atoms with Crippen LogP contribution in [0.5, 0.6) is 11.5 Å². The zero-order valence-corrected chi connectivity index (χ0v) is 21.9. The number of hydrazone groups is 1. The van der Waals surface area contributed by atoms with Crippen LogP contribution in [0.15, 0.2) is 41.5 Å². The summed E-state index contributed by atoms with van der Waals surface area (Å²) in [4.78, 5) is 36.7. The van der Waals surface area contributed by atoms with Crippen LogP contribution in [0.25, 0.3) is 0 Å². The van der Waals surface area contributed by atoms with Crippen LogP contribution in [0.3, 0.4) is 0 Å². The molecule has 0 heterocycles. The SMILES string of the molecule is CCOC(=O)COc1c(I)cc(/C=N/NC(=O)C(NC(=O)c2ccc(F)cc2)C(C)C)cc1OC. The number of rotatable bonds is 11. The van der Waals surface area contributed by atoms with Crippen LogP contribution in [0.4, 0.5) is 4.39 Å². The average Bonchev–Trinajstić information content (AvgIpc) is 2.81. The number of methoxy groups -OCH3 is 1. The van der Waals surface area contributed by atoms with Crippen molar-refractivity contribution < 1.29 is 33.0 Å². The molecule has 0 saturated carbocycles. The number of nitrogens with zero attached hydrogens (tertiary/aromatic N) is 1. The fraction of sp³-hybridized carbons (Fsp3) is 0.333. The van der Waals surface area contributed by atoms with Crippen molar-refractivity contribution in [3.8, 4) is 11.5 Å². The first-order chi connectivity index (χ1) is 16.7. The van der Waals surface area contributed by atoms with Crippen LogP contribution in [0.1, 0.15) is 36.7 Å². The summed E-state index contributed by atoms with van der Waals surface area (Å²) in [5, 5.41) is 6.63. The largest absolute Gasteiger partial charge is 0.493 e. The molecule has 11 heteroatoms. The molecule has 2 N–H and O–H groups in total. The number of benzene rings is 2. The summed E-state index contributed by atoms with van der Waals surface area (Å²) in [7, 11) is 1.46. The zero-order valence-electron chi connectivity index (χ0n) is 19.8. The summed E-state index contributed by atoms with van der Waals surface area (Å²) in [6, 6.07) is 7.53. The normalized spacial score (nSPS) is 11.7. The van der Waals surface area contributed by atoms with Gasteiger partial charge in [0.1, 0.15) is 11.9 Å². The van der Waals surface area contributed by atoms with E-state index < -0.39 is 29.6 Å². The summed E-state index contributed by atoms with van der Waals surface area (Å²) >= 11 is 2.03. The van der Waals surface area contributed by atoms with E-state index in [2.05, 4.69) is 15.8 Å². The average molecular weight is 599 g/mol. The molecule has 0 aliphatic heterocycles. The Morgan fingerprint density at radius 1 is 1.17 bits per heavy atom. The van der Waals surface area contributed by atoms with Gasteiger partial charge in [-0.05, 0) is 77.4 Å². The minimum atomic E-state index is -0.863. The Kier molecular flexibility index (Phi) is 10.9.